The van der Waals surface area contributed by atoms with Gasteiger partial charge in [-0.25, -0.2) is 9.78 Å². The van der Waals surface area contributed by atoms with Crippen molar-refractivity contribution in [3.63, 3.8) is 0 Å². The fourth-order valence-corrected chi connectivity index (χ4v) is 3.12. The number of hydrogen-bond donors (Lipinski definition) is 2. The van der Waals surface area contributed by atoms with Gasteiger partial charge in [0.1, 0.15) is 12.1 Å². The largest absolute Gasteiger partial charge is 0.481 e. The summed E-state index contributed by atoms with van der Waals surface area (Å²) in [6.45, 7) is 1.19. The predicted octanol–water partition coefficient (Wildman–Crippen LogP) is 0.943. The van der Waals surface area contributed by atoms with Crippen LogP contribution in [0.15, 0.2) is 24.4 Å². The molecule has 0 bridgehead atoms. The van der Waals surface area contributed by atoms with Gasteiger partial charge in [0.05, 0.1) is 24.4 Å². The van der Waals surface area contributed by atoms with Gasteiger partial charge < -0.3 is 25.0 Å². The molecular formula is C17H21N5O4. The quantitative estimate of drug-likeness (QED) is 0.818. The molecule has 1 saturated heterocycles. The summed E-state index contributed by atoms with van der Waals surface area (Å²) in [5.74, 6) is 0.271. The Morgan fingerprint density at radius 2 is 2.23 bits per heavy atom. The molecule has 2 aromatic rings. The van der Waals surface area contributed by atoms with Crippen LogP contribution in [-0.4, -0.2) is 71.8 Å². The number of nitrogens with zero attached hydrogens (tertiary/aromatic N) is 4. The van der Waals surface area contributed by atoms with Crippen LogP contribution in [0, 0.1) is 0 Å². The van der Waals surface area contributed by atoms with Crippen LogP contribution in [0.4, 0.5) is 10.5 Å². The molecule has 138 valence electrons. The second kappa shape index (κ2) is 7.42. The third-order valence-corrected chi connectivity index (χ3v) is 4.58. The molecule has 1 fully saturated rings. The first-order chi connectivity index (χ1) is 12.5. The normalized spacial score (nSPS) is 16.5. The molecule has 0 radical (unpaired) electrons. The number of hydrogen-bond acceptors (Lipinski definition) is 6. The Morgan fingerprint density at radius 3 is 2.96 bits per heavy atom. The van der Waals surface area contributed by atoms with Crippen LogP contribution in [0.5, 0.6) is 5.88 Å². The number of carbonyl (C=O) groups is 2. The molecule has 26 heavy (non-hydrogen) atoms. The highest BCUT2D eigenvalue weighted by molar-refractivity contribution is 5.88. The van der Waals surface area contributed by atoms with Gasteiger partial charge in [0, 0.05) is 32.4 Å². The first-order valence-corrected chi connectivity index (χ1v) is 8.26. The highest BCUT2D eigenvalue weighted by atomic mass is 16.5. The summed E-state index contributed by atoms with van der Waals surface area (Å²) in [4.78, 5) is 35.3. The minimum Gasteiger partial charge on any atom is -0.481 e. The number of methoxy groups -OCH3 is 1. The average Bonchev–Trinajstić information content (AvgIpc) is 3.14. The second-order valence-electron chi connectivity index (χ2n) is 6.10. The molecule has 1 atom stereocenters. The van der Waals surface area contributed by atoms with E-state index in [9.17, 15) is 9.59 Å². The number of amides is 2. The van der Waals surface area contributed by atoms with Gasteiger partial charge in [-0.1, -0.05) is 0 Å². The minimum atomic E-state index is -1.21. The number of pyridine rings is 2. The van der Waals surface area contributed by atoms with Crippen molar-refractivity contribution >= 4 is 28.7 Å². The zero-order valence-corrected chi connectivity index (χ0v) is 14.7. The molecule has 1 aliphatic rings. The van der Waals surface area contributed by atoms with E-state index in [1.807, 2.05) is 12.1 Å². The number of likely N-dealkylation sites (N-methyl/N-ethyl adjacent to an activating group) is 1. The maximum absolute atomic E-state index is 12.1. The second-order valence-corrected chi connectivity index (χ2v) is 6.10. The van der Waals surface area contributed by atoms with Crippen molar-refractivity contribution in [3.8, 4) is 5.88 Å². The molecule has 1 aliphatic heterocycles. The Morgan fingerprint density at radius 1 is 1.42 bits per heavy atom. The maximum atomic E-state index is 12.1. The fraction of sp³-hybridized carbons (Fsp3) is 0.412. The summed E-state index contributed by atoms with van der Waals surface area (Å²) in [7, 11) is 3.27. The van der Waals surface area contributed by atoms with Gasteiger partial charge in [0.25, 0.3) is 0 Å². The number of carbonyl (C=O) groups excluding carboxylic acids is 1. The van der Waals surface area contributed by atoms with Gasteiger partial charge in [-0.2, -0.15) is 0 Å². The molecule has 1 unspecified atom stereocenters. The molecule has 9 nitrogen and oxygen atoms in total. The van der Waals surface area contributed by atoms with E-state index in [4.69, 9.17) is 9.84 Å². The lowest BCUT2D eigenvalue weighted by molar-refractivity contribution is -0.130. The first kappa shape index (κ1) is 17.7. The predicted molar refractivity (Wildman–Crippen MR) is 95.5 cm³/mol. The average molecular weight is 359 g/mol. The van der Waals surface area contributed by atoms with Crippen LogP contribution in [0.3, 0.4) is 0 Å². The van der Waals surface area contributed by atoms with E-state index in [1.165, 1.54) is 0 Å². The first-order valence-electron chi connectivity index (χ1n) is 8.26. The lowest BCUT2D eigenvalue weighted by atomic mass is 10.2. The van der Waals surface area contributed by atoms with Crippen LogP contribution < -0.4 is 15.0 Å². The maximum Gasteiger partial charge on any atom is 0.405 e. The summed E-state index contributed by atoms with van der Waals surface area (Å²) in [5, 5.41) is 10.7. The molecule has 2 N–H and O–H groups in total. The van der Waals surface area contributed by atoms with Gasteiger partial charge in [-0.05, 0) is 18.6 Å². The van der Waals surface area contributed by atoms with Gasteiger partial charge in [0.15, 0.2) is 0 Å². The summed E-state index contributed by atoms with van der Waals surface area (Å²) >= 11 is 0. The minimum absolute atomic E-state index is 0.00641. The van der Waals surface area contributed by atoms with Crippen LogP contribution in [-0.2, 0) is 4.79 Å². The number of aromatic nitrogens is 2. The van der Waals surface area contributed by atoms with Crippen LogP contribution in [0.2, 0.25) is 0 Å². The van der Waals surface area contributed by atoms with Crippen molar-refractivity contribution in [2.45, 2.75) is 12.5 Å². The van der Waals surface area contributed by atoms with Gasteiger partial charge in [-0.3, -0.25) is 9.78 Å². The molecule has 0 aliphatic carbocycles. The van der Waals surface area contributed by atoms with E-state index in [1.54, 1.807) is 31.3 Å². The Balaban J connectivity index is 1.75. The van der Waals surface area contributed by atoms with Crippen molar-refractivity contribution in [1.29, 1.82) is 0 Å². The zero-order valence-electron chi connectivity index (χ0n) is 14.7. The van der Waals surface area contributed by atoms with Crippen molar-refractivity contribution in [3.05, 3.63) is 24.4 Å². The smallest absolute Gasteiger partial charge is 0.405 e. The monoisotopic (exact) mass is 359 g/mol. The van der Waals surface area contributed by atoms with Crippen LogP contribution in [0.25, 0.3) is 11.0 Å². The highest BCUT2D eigenvalue weighted by Crippen LogP contribution is 2.29. The SMILES string of the molecule is COc1ccc2nccc(N3CCC(N(C)C(=O)CNC(=O)O)C3)c2n1. The molecule has 0 spiro atoms. The summed E-state index contributed by atoms with van der Waals surface area (Å²) in [6.07, 6.45) is 1.33. The molecule has 9 heteroatoms. The lowest BCUT2D eigenvalue weighted by Gasteiger charge is -2.25. The number of rotatable bonds is 5. The third-order valence-electron chi connectivity index (χ3n) is 4.58. The van der Waals surface area contributed by atoms with E-state index in [0.717, 1.165) is 29.7 Å². The number of carboxylic acid groups (broad SMARTS) is 1. The molecular weight excluding hydrogens is 338 g/mol. The molecule has 2 aromatic heterocycles. The number of nitrogens with one attached hydrogen (secondary N) is 1. The number of anilines is 1. The van der Waals surface area contributed by atoms with Crippen molar-refractivity contribution in [2.75, 3.05) is 38.7 Å². The van der Waals surface area contributed by atoms with Gasteiger partial charge >= 0.3 is 6.09 Å². The van der Waals surface area contributed by atoms with E-state index in [0.29, 0.717) is 12.4 Å². The molecule has 2 amide bonds. The van der Waals surface area contributed by atoms with Crippen molar-refractivity contribution < 1.29 is 19.4 Å². The highest BCUT2D eigenvalue weighted by Gasteiger charge is 2.29. The molecule has 0 saturated carbocycles. The topological polar surface area (TPSA) is 108 Å². The lowest BCUT2D eigenvalue weighted by Crippen LogP contribution is -2.44. The van der Waals surface area contributed by atoms with E-state index in [-0.39, 0.29) is 18.5 Å². The van der Waals surface area contributed by atoms with Crippen LogP contribution >= 0.6 is 0 Å². The summed E-state index contributed by atoms with van der Waals surface area (Å²) in [5.41, 5.74) is 2.48. The fourth-order valence-electron chi connectivity index (χ4n) is 3.12. The van der Waals surface area contributed by atoms with Gasteiger partial charge in [0.2, 0.25) is 11.8 Å². The molecule has 3 rings (SSSR count). The summed E-state index contributed by atoms with van der Waals surface area (Å²) in [6, 6.07) is 5.55. The Bertz CT molecular complexity index is 828. The zero-order chi connectivity index (χ0) is 18.7. The number of ether oxygens (including phenoxy) is 1. The van der Waals surface area contributed by atoms with E-state index in [2.05, 4.69) is 20.2 Å². The Labute approximate surface area is 150 Å². The molecule has 3 heterocycles. The van der Waals surface area contributed by atoms with Crippen molar-refractivity contribution in [1.82, 2.24) is 20.2 Å². The van der Waals surface area contributed by atoms with Crippen LogP contribution in [0.1, 0.15) is 6.42 Å². The Kier molecular flexibility index (Phi) is 5.06. The van der Waals surface area contributed by atoms with Gasteiger partial charge in [-0.15, -0.1) is 0 Å². The van der Waals surface area contributed by atoms with E-state index < -0.39 is 6.09 Å². The number of fused-ring (bicyclic) bond motifs is 1. The third kappa shape index (κ3) is 3.61. The standard InChI is InChI=1S/C17H21N5O4/c1-21(15(23)9-19-17(24)25)11-6-8-22(10-11)13-5-7-18-12-3-4-14(26-2)20-16(12)13/h3-5,7,11,19H,6,8-10H2,1-2H3,(H,24,25). The summed E-state index contributed by atoms with van der Waals surface area (Å²) < 4.78 is 5.21. The molecule has 0 aromatic carbocycles. The Hall–Kier alpha value is -3.10. The van der Waals surface area contributed by atoms with Crippen molar-refractivity contribution in [2.24, 2.45) is 0 Å². The van der Waals surface area contributed by atoms with E-state index >= 15 is 0 Å².